The number of rotatable bonds is 35. The molecule has 10 rings (SSSR count). The monoisotopic (exact) mass is 1950 g/mol. The summed E-state index contributed by atoms with van der Waals surface area (Å²) in [5.41, 5.74) is -6.87. The average molecular weight is 1950 g/mol. The Morgan fingerprint density at radius 1 is 0.477 bits per heavy atom. The number of benzene rings is 4. The molecule has 6 heterocycles. The number of aliphatic hydroxyl groups is 2. The van der Waals surface area contributed by atoms with Crippen molar-refractivity contribution in [2.45, 2.75) is 289 Å². The second-order valence-electron chi connectivity index (χ2n) is 36.2. The molecular formula is C87H123F3N7O30P3Si2. The molecule has 0 bridgehead atoms. The first-order valence-corrected chi connectivity index (χ1v) is 53.0. The third-order valence-corrected chi connectivity index (χ3v) is 35.5. The summed E-state index contributed by atoms with van der Waals surface area (Å²) in [5.74, 6) is -4.32. The number of nitrogens with zero attached hydrogens (tertiary/aromatic N) is 4. The minimum atomic E-state index is -4.31. The van der Waals surface area contributed by atoms with Crippen molar-refractivity contribution in [3.8, 4) is 23.0 Å². The van der Waals surface area contributed by atoms with Gasteiger partial charge in [0.2, 0.25) is 17.7 Å². The van der Waals surface area contributed by atoms with E-state index < -0.39 is 227 Å². The van der Waals surface area contributed by atoms with Crippen LogP contribution in [0.4, 0.5) is 18.9 Å². The number of ether oxygens (including phenoxy) is 6. The highest BCUT2D eigenvalue weighted by Gasteiger charge is 2.63. The van der Waals surface area contributed by atoms with Gasteiger partial charge in [0.15, 0.2) is 69.7 Å². The van der Waals surface area contributed by atoms with Gasteiger partial charge in [-0.3, -0.25) is 77.0 Å². The number of halogens is 3. The molecule has 3 amide bonds. The fraction of sp³-hybridized carbons (Fsp3) is 0.552. The van der Waals surface area contributed by atoms with Crippen LogP contribution in [-0.2, 0) is 103 Å². The number of aliphatic hydroxyl groups excluding tert-OH is 2. The van der Waals surface area contributed by atoms with E-state index in [2.05, 4.69) is 15.3 Å². The molecule has 5 N–H and O–H groups in total. The number of nitro benzene ring substituents is 1. The molecule has 730 valence electrons. The first-order valence-electron chi connectivity index (χ1n) is 42.5. The minimum absolute atomic E-state index is 0.0711. The van der Waals surface area contributed by atoms with Gasteiger partial charge in [-0.15, -0.1) is 0 Å². The van der Waals surface area contributed by atoms with Gasteiger partial charge < -0.3 is 65.6 Å². The molecule has 132 heavy (non-hydrogen) atoms. The van der Waals surface area contributed by atoms with Crippen LogP contribution in [0.2, 0.25) is 36.3 Å². The average Bonchev–Trinajstić information content (AvgIpc) is 1.59. The van der Waals surface area contributed by atoms with Gasteiger partial charge in [0, 0.05) is 30.7 Å². The highest BCUT2D eigenvalue weighted by molar-refractivity contribution is 7.53. The van der Waals surface area contributed by atoms with Crippen LogP contribution in [0.3, 0.4) is 0 Å². The number of nitro groups is 1. The predicted molar refractivity (Wildman–Crippen MR) is 480 cm³/mol. The fourth-order valence-electron chi connectivity index (χ4n) is 12.8. The van der Waals surface area contributed by atoms with Gasteiger partial charge >= 0.3 is 41.1 Å². The van der Waals surface area contributed by atoms with E-state index in [1.807, 2.05) is 67.7 Å². The molecule has 4 aromatic carbocycles. The number of non-ortho nitro benzene ring substituents is 1. The number of hydrogen-bond donors (Lipinski definition) is 5. The summed E-state index contributed by atoms with van der Waals surface area (Å²) in [6.45, 7) is 36.5. The zero-order valence-corrected chi connectivity index (χ0v) is 82.6. The number of alkyl halides is 3. The topological polar surface area (TPSA) is 463 Å². The Kier molecular flexibility index (Phi) is 37.9. The van der Waals surface area contributed by atoms with Crippen LogP contribution < -0.4 is 33.4 Å². The fourth-order valence-corrected chi connectivity index (χ4v) is 20.0. The third kappa shape index (κ3) is 30.0. The first kappa shape index (κ1) is 110. The van der Waals surface area contributed by atoms with E-state index in [-0.39, 0.29) is 57.1 Å². The van der Waals surface area contributed by atoms with Crippen LogP contribution in [-0.4, -0.2) is 228 Å². The number of carbonyl (C=O) groups excluding carboxylic acids is 9. The number of allylic oxidation sites excluding steroid dienone is 3. The second-order valence-corrected chi connectivity index (χ2v) is 50.7. The molecule has 0 radical (unpaired) electrons. The summed E-state index contributed by atoms with van der Waals surface area (Å²) in [6.07, 6.45) is -6.95. The van der Waals surface area contributed by atoms with Crippen molar-refractivity contribution in [2.24, 2.45) is 0 Å². The molecule has 37 nitrogen and oxygen atoms in total. The van der Waals surface area contributed by atoms with Crippen LogP contribution in [0.25, 0.3) is 0 Å². The summed E-state index contributed by atoms with van der Waals surface area (Å²) in [5, 5.41) is 38.2. The first-order chi connectivity index (χ1) is 61.1. The summed E-state index contributed by atoms with van der Waals surface area (Å²) in [4.78, 5) is 122. The van der Waals surface area contributed by atoms with Gasteiger partial charge in [0.25, 0.3) is 5.69 Å². The zero-order valence-electron chi connectivity index (χ0n) is 77.9. The molecule has 3 fully saturated rings. The van der Waals surface area contributed by atoms with E-state index in [4.69, 9.17) is 64.4 Å². The van der Waals surface area contributed by atoms with E-state index in [0.717, 1.165) is 33.9 Å². The van der Waals surface area contributed by atoms with Crippen molar-refractivity contribution in [3.63, 3.8) is 0 Å². The Labute approximate surface area is 768 Å². The quantitative estimate of drug-likeness (QED) is 0.00543. The van der Waals surface area contributed by atoms with Crippen molar-refractivity contribution in [3.05, 3.63) is 162 Å². The molecule has 0 aliphatic carbocycles. The van der Waals surface area contributed by atoms with Gasteiger partial charge in [-0.25, -0.2) is 26.9 Å². The maximum absolute atomic E-state index is 16.8. The highest BCUT2D eigenvalue weighted by atomic mass is 31.2. The van der Waals surface area contributed by atoms with E-state index in [9.17, 15) is 77.2 Å². The lowest BCUT2D eigenvalue weighted by molar-refractivity contribution is -0.384. The van der Waals surface area contributed by atoms with E-state index >= 15 is 13.2 Å². The largest absolute Gasteiger partial charge is 0.513 e. The number of nitrogens with one attached hydrogen (secondary N) is 3. The SMILES string of the molecule is CC(C)(C)[Si](C)(C)O[C@@H]1[C@@H](CO)O[C@@H](N2C=CC(=O)CC2=O)[C@]1(C)F.CC(C)OC(=O)[C@H](C)N[P@](=O)(OC[C@H]1O[C@@H](N2C=CC(=O)CC2=O)[C@](C)(F)[C@@H]1O)Oc1ccccc1.CC(C)OC(=O)[C@H](C)N[P@](=O)(OC[C@H]1O[C@@H](N2C=CC(=O)CC2=O)[C@](C)(F)[C@@H]1O[Si](C)(C)C(C)(C)C)Oc1ccccc1.CC(C)OC(=O)[C@H](C)N[P@](=O)(Oc1ccccc1)Oc1ccc([N+](=O)[O-])cc1. The van der Waals surface area contributed by atoms with Gasteiger partial charge in [-0.05, 0) is 186 Å². The molecule has 3 saturated heterocycles. The number of amides is 3. The number of ketones is 3. The van der Waals surface area contributed by atoms with Crippen LogP contribution in [0.15, 0.2) is 152 Å². The summed E-state index contributed by atoms with van der Waals surface area (Å²) in [6, 6.07) is 26.3. The van der Waals surface area contributed by atoms with Crippen molar-refractivity contribution < 1.29 is 150 Å². The van der Waals surface area contributed by atoms with E-state index in [1.165, 1.54) is 95.6 Å². The van der Waals surface area contributed by atoms with Crippen molar-refractivity contribution in [1.82, 2.24) is 30.0 Å². The molecule has 0 saturated carbocycles. The predicted octanol–water partition coefficient (Wildman–Crippen LogP) is 13.8. The molecule has 4 aromatic rings. The van der Waals surface area contributed by atoms with Crippen molar-refractivity contribution in [2.75, 3.05) is 19.8 Å². The van der Waals surface area contributed by atoms with Crippen molar-refractivity contribution >= 4 is 98.5 Å². The van der Waals surface area contributed by atoms with Crippen LogP contribution in [0.1, 0.15) is 144 Å². The van der Waals surface area contributed by atoms with Gasteiger partial charge in [0.1, 0.15) is 77.7 Å². The summed E-state index contributed by atoms with van der Waals surface area (Å²) < 4.78 is 168. The number of esters is 3. The standard InChI is InChI=1S/C29H44FN2O9PSi.C23H30FN2O9P.C18H21N2O7P.C17H28FNO5Si/c1-19(2)38-26(35)20(3)31-42(36,40-22-13-11-10-12-14-22)37-18-23-25(41-43(8,9)28(4,5)6)29(7,30)27(39-23)32-16-15-21(33)17-24(32)34;1-14(2)33-21(30)15(3)25-36(31,35-17-8-6-5-7-9-17)32-13-18-20(29)23(4,24)22(34-18)26-11-10-16(27)12-19(26)28;1-13(2)25-18(21)14(3)19-28(24,26-16-7-5-4-6-8-16)27-17-11-9-15(10-12-17)20(22)23;1-16(2,3)25(5,6)24-14-12(10-20)23-15(17(14,4)18)19-8-7-11(21)9-13(19)22/h10-16,19-20,23,25,27H,17-18H2,1-9H3,(H,31,36);5-11,14-15,18,20,22,29H,12-13H2,1-4H3,(H,25,31);4-14H,1-3H3,(H,19,24);7-8,12,14-15,20H,9-10H2,1-6H3/t20-,23+,25+,27+,29+,42-;15-,18+,20+,22+,23+,36-;14-,28-;12-,14-,15-,17-/m0001/s1. The maximum Gasteiger partial charge on any atom is 0.513 e. The maximum atomic E-state index is 16.8. The van der Waals surface area contributed by atoms with Gasteiger partial charge in [0.05, 0.1) is 62.3 Å². The molecule has 0 unspecified atom stereocenters. The van der Waals surface area contributed by atoms with Crippen molar-refractivity contribution in [1.29, 1.82) is 0 Å². The van der Waals surface area contributed by atoms with Crippen LogP contribution >= 0.6 is 23.2 Å². The van der Waals surface area contributed by atoms with Gasteiger partial charge in [-0.2, -0.15) is 15.3 Å². The Hall–Kier alpha value is -9.04. The zero-order chi connectivity index (χ0) is 99.0. The number of hydrogen-bond acceptors (Lipinski definition) is 30. The van der Waals surface area contributed by atoms with Crippen LogP contribution in [0.5, 0.6) is 23.0 Å². The Morgan fingerprint density at radius 2 is 0.758 bits per heavy atom. The Morgan fingerprint density at radius 3 is 1.06 bits per heavy atom. The summed E-state index contributed by atoms with van der Waals surface area (Å²) in [7, 11) is -17.6. The third-order valence-electron chi connectivity index (χ3n) is 21.7. The molecule has 6 aliphatic rings. The smallest absolute Gasteiger partial charge is 0.462 e. The number of para-hydroxylation sites is 3. The molecule has 18 atom stereocenters. The lowest BCUT2D eigenvalue weighted by Crippen LogP contribution is -2.56. The molecule has 0 aromatic heterocycles. The van der Waals surface area contributed by atoms with E-state index in [0.29, 0.717) is 0 Å². The molecular weight excluding hydrogens is 1830 g/mol. The molecule has 45 heteroatoms. The van der Waals surface area contributed by atoms with Gasteiger partial charge in [-0.1, -0.05) is 96.1 Å². The normalized spacial score (nSPS) is 26.0. The van der Waals surface area contributed by atoms with E-state index in [1.54, 1.807) is 120 Å². The highest BCUT2D eigenvalue weighted by Crippen LogP contribution is 2.53. The van der Waals surface area contributed by atoms with Crippen LogP contribution in [0, 0.1) is 10.1 Å². The summed E-state index contributed by atoms with van der Waals surface area (Å²) >= 11 is 0. The second kappa shape index (κ2) is 45.5. The Balaban J connectivity index is 0.000000246. The lowest BCUT2D eigenvalue weighted by Gasteiger charge is -2.42. The number of carbonyl (C=O) groups is 9. The molecule has 6 aliphatic heterocycles. The minimum Gasteiger partial charge on any atom is -0.462 e. The Bertz CT molecular complexity index is 4930. The molecule has 0 spiro atoms. The lowest BCUT2D eigenvalue weighted by atomic mass is 9.97.